The normalized spacial score (nSPS) is 20.1. The molecule has 3 rings (SSSR count). The number of hydrogen-bond donors (Lipinski definition) is 2. The van der Waals surface area contributed by atoms with Crippen molar-refractivity contribution in [1.82, 2.24) is 4.90 Å². The van der Waals surface area contributed by atoms with E-state index >= 15 is 0 Å². The van der Waals surface area contributed by atoms with Crippen molar-refractivity contribution in [1.29, 1.82) is 0 Å². The molecule has 1 aliphatic heterocycles. The molecule has 1 aliphatic carbocycles. The lowest BCUT2D eigenvalue weighted by Gasteiger charge is -2.35. The molecule has 1 fully saturated rings. The lowest BCUT2D eigenvalue weighted by Crippen LogP contribution is -2.47. The maximum absolute atomic E-state index is 12.9. The third-order valence-electron chi connectivity index (χ3n) is 5.38. The zero-order chi connectivity index (χ0) is 19.8. The van der Waals surface area contributed by atoms with Crippen molar-refractivity contribution in [2.45, 2.75) is 59.3 Å². The summed E-state index contributed by atoms with van der Waals surface area (Å²) >= 11 is 1.48. The molecule has 0 aromatic carbocycles. The third-order valence-corrected chi connectivity index (χ3v) is 6.58. The third kappa shape index (κ3) is 4.18. The molecule has 148 valence electrons. The Balaban J connectivity index is 1.75. The van der Waals surface area contributed by atoms with Crippen LogP contribution in [0.15, 0.2) is 0 Å². The summed E-state index contributed by atoms with van der Waals surface area (Å²) in [5, 5.41) is 3.54. The molecule has 2 aliphatic rings. The molecule has 0 spiro atoms. The Morgan fingerprint density at radius 1 is 1.15 bits per heavy atom. The number of carbonyl (C=O) groups excluding carboxylic acids is 3. The van der Waals surface area contributed by atoms with Crippen LogP contribution in [-0.2, 0) is 22.4 Å². The highest BCUT2D eigenvalue weighted by Gasteiger charge is 2.34. The highest BCUT2D eigenvalue weighted by Crippen LogP contribution is 2.38. The van der Waals surface area contributed by atoms with Crippen LogP contribution in [0.4, 0.5) is 5.00 Å². The number of anilines is 1. The second-order valence-corrected chi connectivity index (χ2v) is 9.71. The van der Waals surface area contributed by atoms with E-state index in [1.807, 2.05) is 20.8 Å². The molecule has 2 heterocycles. The number of thiophene rings is 1. The molecule has 0 radical (unpaired) electrons. The van der Waals surface area contributed by atoms with Gasteiger partial charge in [-0.05, 0) is 44.1 Å². The van der Waals surface area contributed by atoms with Crippen molar-refractivity contribution in [2.75, 3.05) is 18.4 Å². The van der Waals surface area contributed by atoms with Gasteiger partial charge >= 0.3 is 0 Å². The van der Waals surface area contributed by atoms with Crippen molar-refractivity contribution in [3.8, 4) is 0 Å². The number of nitrogens with two attached hydrogens (primary N) is 1. The molecule has 0 saturated carbocycles. The molecule has 7 heteroatoms. The summed E-state index contributed by atoms with van der Waals surface area (Å²) in [7, 11) is 0. The lowest BCUT2D eigenvalue weighted by molar-refractivity contribution is -0.142. The maximum Gasteiger partial charge on any atom is 0.251 e. The first-order chi connectivity index (χ1) is 12.7. The van der Waals surface area contributed by atoms with Crippen molar-refractivity contribution in [2.24, 2.45) is 17.1 Å². The smallest absolute Gasteiger partial charge is 0.251 e. The Hall–Kier alpha value is -1.89. The molecule has 0 bridgehead atoms. The number of nitrogens with zero attached hydrogens (tertiary/aromatic N) is 1. The van der Waals surface area contributed by atoms with E-state index in [1.54, 1.807) is 4.90 Å². The number of rotatable bonds is 3. The summed E-state index contributed by atoms with van der Waals surface area (Å²) in [6.45, 7) is 6.82. The standard InChI is InChI=1S/C20H29N3O3S/c1-20(2,3)19(26)23-10-6-7-12(11-23)17(25)22-18-15(16(21)24)13-8-4-5-9-14(13)27-18/h12H,4-11H2,1-3H3,(H2,21,24)(H,22,25). The minimum Gasteiger partial charge on any atom is -0.365 e. The fourth-order valence-corrected chi connectivity index (χ4v) is 5.28. The van der Waals surface area contributed by atoms with Crippen LogP contribution in [0.25, 0.3) is 0 Å². The van der Waals surface area contributed by atoms with E-state index in [1.165, 1.54) is 16.2 Å². The number of primary amides is 1. The highest BCUT2D eigenvalue weighted by molar-refractivity contribution is 7.17. The molecule has 6 nitrogen and oxygen atoms in total. The molecular formula is C20H29N3O3S. The van der Waals surface area contributed by atoms with Gasteiger partial charge in [0.05, 0.1) is 11.5 Å². The fourth-order valence-electron chi connectivity index (χ4n) is 3.98. The Morgan fingerprint density at radius 3 is 2.52 bits per heavy atom. The molecule has 1 aromatic rings. The van der Waals surface area contributed by atoms with Crippen LogP contribution in [-0.4, -0.2) is 35.7 Å². The van der Waals surface area contributed by atoms with E-state index in [0.29, 0.717) is 23.7 Å². The number of amides is 3. The SMILES string of the molecule is CC(C)(C)C(=O)N1CCCC(C(=O)Nc2sc3c(c2C(N)=O)CCCC3)C1. The number of carbonyl (C=O) groups is 3. The molecular weight excluding hydrogens is 362 g/mol. The first-order valence-electron chi connectivity index (χ1n) is 9.73. The van der Waals surface area contributed by atoms with Crippen LogP contribution in [0, 0.1) is 11.3 Å². The van der Waals surface area contributed by atoms with Gasteiger partial charge in [-0.2, -0.15) is 0 Å². The van der Waals surface area contributed by atoms with E-state index in [-0.39, 0.29) is 17.7 Å². The van der Waals surface area contributed by atoms with E-state index in [2.05, 4.69) is 5.32 Å². The molecule has 27 heavy (non-hydrogen) atoms. The molecule has 3 amide bonds. The van der Waals surface area contributed by atoms with Gasteiger partial charge in [0.25, 0.3) is 5.91 Å². The molecule has 1 aromatic heterocycles. The van der Waals surface area contributed by atoms with Gasteiger partial charge in [-0.3, -0.25) is 14.4 Å². The van der Waals surface area contributed by atoms with Crippen molar-refractivity contribution >= 4 is 34.1 Å². The predicted molar refractivity (Wildman–Crippen MR) is 107 cm³/mol. The number of nitrogens with one attached hydrogen (secondary N) is 1. The number of hydrogen-bond acceptors (Lipinski definition) is 4. The summed E-state index contributed by atoms with van der Waals surface area (Å²) < 4.78 is 0. The Morgan fingerprint density at radius 2 is 1.85 bits per heavy atom. The lowest BCUT2D eigenvalue weighted by atomic mass is 9.91. The number of piperidine rings is 1. The second kappa shape index (κ2) is 7.62. The zero-order valence-corrected chi connectivity index (χ0v) is 17.2. The van der Waals surface area contributed by atoms with Crippen LogP contribution < -0.4 is 11.1 Å². The molecule has 1 saturated heterocycles. The first kappa shape index (κ1) is 19.9. The maximum atomic E-state index is 12.9. The highest BCUT2D eigenvalue weighted by atomic mass is 32.1. The van der Waals surface area contributed by atoms with Crippen molar-refractivity contribution in [3.05, 3.63) is 16.0 Å². The Kier molecular flexibility index (Phi) is 5.60. The van der Waals surface area contributed by atoms with Crippen LogP contribution in [0.5, 0.6) is 0 Å². The van der Waals surface area contributed by atoms with E-state index in [0.717, 1.165) is 44.1 Å². The van der Waals surface area contributed by atoms with Crippen molar-refractivity contribution in [3.63, 3.8) is 0 Å². The van der Waals surface area contributed by atoms with Gasteiger partial charge in [0, 0.05) is 23.4 Å². The summed E-state index contributed by atoms with van der Waals surface area (Å²) in [6, 6.07) is 0. The summed E-state index contributed by atoms with van der Waals surface area (Å²) in [6.07, 6.45) is 5.49. The van der Waals surface area contributed by atoms with Gasteiger partial charge in [0.1, 0.15) is 5.00 Å². The zero-order valence-electron chi connectivity index (χ0n) is 16.4. The largest absolute Gasteiger partial charge is 0.365 e. The molecule has 3 N–H and O–H groups in total. The quantitative estimate of drug-likeness (QED) is 0.830. The molecule has 1 unspecified atom stereocenters. The van der Waals surface area contributed by atoms with Gasteiger partial charge in [-0.1, -0.05) is 20.8 Å². The Labute approximate surface area is 164 Å². The van der Waals surface area contributed by atoms with Crippen LogP contribution in [0.2, 0.25) is 0 Å². The number of fused-ring (bicyclic) bond motifs is 1. The average molecular weight is 392 g/mol. The van der Waals surface area contributed by atoms with Gasteiger partial charge in [0.15, 0.2) is 0 Å². The minimum atomic E-state index is -0.474. The van der Waals surface area contributed by atoms with E-state index in [9.17, 15) is 14.4 Å². The monoisotopic (exact) mass is 391 g/mol. The van der Waals surface area contributed by atoms with Gasteiger partial charge < -0.3 is 16.0 Å². The van der Waals surface area contributed by atoms with Gasteiger partial charge in [0.2, 0.25) is 11.8 Å². The summed E-state index contributed by atoms with van der Waals surface area (Å²) in [4.78, 5) is 40.4. The predicted octanol–water partition coefficient (Wildman–Crippen LogP) is 2.95. The van der Waals surface area contributed by atoms with Crippen LogP contribution >= 0.6 is 11.3 Å². The summed E-state index contributed by atoms with van der Waals surface area (Å²) in [5.41, 5.74) is 6.66. The van der Waals surface area contributed by atoms with Gasteiger partial charge in [-0.25, -0.2) is 0 Å². The molecule has 1 atom stereocenters. The minimum absolute atomic E-state index is 0.0735. The van der Waals surface area contributed by atoms with Crippen LogP contribution in [0.3, 0.4) is 0 Å². The van der Waals surface area contributed by atoms with E-state index < -0.39 is 11.3 Å². The second-order valence-electron chi connectivity index (χ2n) is 8.61. The van der Waals surface area contributed by atoms with E-state index in [4.69, 9.17) is 5.73 Å². The van der Waals surface area contributed by atoms with Crippen molar-refractivity contribution < 1.29 is 14.4 Å². The summed E-state index contributed by atoms with van der Waals surface area (Å²) in [5.74, 6) is -0.783. The number of aryl methyl sites for hydroxylation is 1. The topological polar surface area (TPSA) is 92.5 Å². The Bertz CT molecular complexity index is 763. The van der Waals surface area contributed by atoms with Crippen LogP contribution in [0.1, 0.15) is 67.3 Å². The number of likely N-dealkylation sites (tertiary alicyclic amines) is 1. The van der Waals surface area contributed by atoms with Gasteiger partial charge in [-0.15, -0.1) is 11.3 Å². The first-order valence-corrected chi connectivity index (χ1v) is 10.5. The average Bonchev–Trinajstić information content (AvgIpc) is 2.98. The fraction of sp³-hybridized carbons (Fsp3) is 0.650.